The summed E-state index contributed by atoms with van der Waals surface area (Å²) in [6, 6.07) is 29.6. The molecule has 4 aromatic carbocycles. The molecule has 0 aliphatic heterocycles. The Labute approximate surface area is 359 Å². The lowest BCUT2D eigenvalue weighted by Crippen LogP contribution is -2.17. The Morgan fingerprint density at radius 3 is 1.93 bits per heavy atom. The minimum absolute atomic E-state index is 0.314. The molecule has 4 aromatic heterocycles. The second-order valence-corrected chi connectivity index (χ2v) is 18.3. The maximum absolute atomic E-state index is 10.7. The van der Waals surface area contributed by atoms with E-state index < -0.39 is 5.41 Å². The van der Waals surface area contributed by atoms with Crippen LogP contribution in [0.2, 0.25) is 0 Å². The Balaban J connectivity index is 1.38. The van der Waals surface area contributed by atoms with E-state index in [1.165, 1.54) is 33.6 Å². The summed E-state index contributed by atoms with van der Waals surface area (Å²) in [5.74, 6) is 1.55. The molecule has 0 saturated carbocycles. The number of thiazole rings is 2. The van der Waals surface area contributed by atoms with E-state index in [1.54, 1.807) is 16.0 Å². The van der Waals surface area contributed by atoms with Crippen LogP contribution in [0.1, 0.15) is 84.8 Å². The molecule has 0 radical (unpaired) electrons. The molecule has 4 heterocycles. The highest BCUT2D eigenvalue weighted by atomic mass is 32.1. The molecule has 10 nitrogen and oxygen atoms in total. The number of azo groups is 1. The molecule has 302 valence electrons. The quantitative estimate of drug-likeness (QED) is 0.136. The summed E-state index contributed by atoms with van der Waals surface area (Å²) in [6.07, 6.45) is 1.67. The van der Waals surface area contributed by atoms with E-state index >= 15 is 0 Å². The van der Waals surface area contributed by atoms with Crippen LogP contribution in [-0.2, 0) is 18.3 Å². The van der Waals surface area contributed by atoms with E-state index in [4.69, 9.17) is 30.3 Å². The summed E-state index contributed by atoms with van der Waals surface area (Å²) in [5.41, 5.74) is 12.7. The normalized spacial score (nSPS) is 11.9. The zero-order valence-corrected chi connectivity index (χ0v) is 37.4. The van der Waals surface area contributed by atoms with Gasteiger partial charge in [-0.3, -0.25) is 4.90 Å². The molecule has 0 bridgehead atoms. The van der Waals surface area contributed by atoms with Gasteiger partial charge in [-0.15, -0.1) is 10.2 Å². The minimum atomic E-state index is -0.446. The van der Waals surface area contributed by atoms with Crippen molar-refractivity contribution < 1.29 is 0 Å². The summed E-state index contributed by atoms with van der Waals surface area (Å²) < 4.78 is 3.77. The number of nitrogens with zero attached hydrogens (tertiary/aromatic N) is 9. The van der Waals surface area contributed by atoms with Crippen LogP contribution in [0.15, 0.2) is 89.1 Å². The van der Waals surface area contributed by atoms with Crippen LogP contribution >= 0.6 is 22.7 Å². The van der Waals surface area contributed by atoms with Crippen LogP contribution in [0, 0.1) is 45.9 Å². The van der Waals surface area contributed by atoms with Crippen molar-refractivity contribution in [1.29, 1.82) is 5.26 Å². The van der Waals surface area contributed by atoms with Crippen LogP contribution in [0.25, 0.3) is 25.6 Å². The predicted octanol–water partition coefficient (Wildman–Crippen LogP) is 14.0. The molecule has 0 fully saturated rings. The molecule has 0 aliphatic carbocycles. The smallest absolute Gasteiger partial charge is 0.213 e. The first-order valence-corrected chi connectivity index (χ1v) is 21.9. The van der Waals surface area contributed by atoms with Crippen molar-refractivity contribution >= 4 is 82.8 Å². The van der Waals surface area contributed by atoms with Crippen molar-refractivity contribution in [2.75, 3.05) is 10.2 Å². The van der Waals surface area contributed by atoms with Gasteiger partial charge in [-0.25, -0.2) is 15.0 Å². The lowest BCUT2D eigenvalue weighted by Gasteiger charge is -2.28. The third-order valence-electron chi connectivity index (χ3n) is 10.6. The van der Waals surface area contributed by atoms with Crippen LogP contribution in [0.5, 0.6) is 0 Å². The lowest BCUT2D eigenvalue weighted by atomic mass is 9.90. The number of pyridine rings is 1. The van der Waals surface area contributed by atoms with Crippen LogP contribution in [0.3, 0.4) is 0 Å². The highest BCUT2D eigenvalue weighted by Crippen LogP contribution is 2.46. The van der Waals surface area contributed by atoms with Gasteiger partial charge in [-0.05, 0) is 106 Å². The van der Waals surface area contributed by atoms with E-state index in [-0.39, 0.29) is 0 Å². The zero-order valence-electron chi connectivity index (χ0n) is 35.8. The van der Waals surface area contributed by atoms with E-state index in [0.717, 1.165) is 66.5 Å². The van der Waals surface area contributed by atoms with Gasteiger partial charge >= 0.3 is 0 Å². The van der Waals surface area contributed by atoms with Gasteiger partial charge in [-0.1, -0.05) is 117 Å². The molecular formula is C48H48N10S2. The van der Waals surface area contributed by atoms with Gasteiger partial charge in [0.2, 0.25) is 5.13 Å². The largest absolute Gasteiger partial charge is 0.338 e. The lowest BCUT2D eigenvalue weighted by molar-refractivity contribution is 0.559. The van der Waals surface area contributed by atoms with Gasteiger partial charge in [0.1, 0.15) is 23.1 Å². The van der Waals surface area contributed by atoms with Crippen molar-refractivity contribution in [1.82, 2.24) is 24.7 Å². The zero-order chi connectivity index (χ0) is 42.5. The second-order valence-electron chi connectivity index (χ2n) is 16.3. The van der Waals surface area contributed by atoms with Gasteiger partial charge in [0.05, 0.1) is 31.8 Å². The van der Waals surface area contributed by atoms with E-state index in [1.807, 2.05) is 58.0 Å². The average Bonchev–Trinajstić information content (AvgIpc) is 3.94. The monoisotopic (exact) mass is 828 g/mol. The Bertz CT molecular complexity index is 2890. The summed E-state index contributed by atoms with van der Waals surface area (Å²) in [4.78, 5) is 17.8. The number of aromatic nitrogens is 5. The molecular weight excluding hydrogens is 781 g/mol. The summed E-state index contributed by atoms with van der Waals surface area (Å²) in [6.45, 7) is 21.0. The van der Waals surface area contributed by atoms with Crippen LogP contribution in [-0.4, -0.2) is 24.7 Å². The third kappa shape index (κ3) is 7.55. The van der Waals surface area contributed by atoms with E-state index in [9.17, 15) is 5.26 Å². The maximum Gasteiger partial charge on any atom is 0.213 e. The second kappa shape index (κ2) is 16.0. The first kappa shape index (κ1) is 40.5. The molecule has 8 aromatic rings. The molecule has 1 N–H and O–H groups in total. The molecule has 0 aliphatic rings. The van der Waals surface area contributed by atoms with E-state index in [2.05, 4.69) is 106 Å². The first-order chi connectivity index (χ1) is 28.8. The van der Waals surface area contributed by atoms with Crippen molar-refractivity contribution in [3.05, 3.63) is 129 Å². The minimum Gasteiger partial charge on any atom is -0.338 e. The summed E-state index contributed by atoms with van der Waals surface area (Å²) in [5, 5.41) is 30.7. The Hall–Kier alpha value is -6.29. The molecule has 0 unspecified atom stereocenters. The topological polar surface area (TPSA) is 120 Å². The standard InChI is InChI=1S/C48H48N10S2/c1-11-32-23-28(4)24-33(12-2)42(32)57(46-50-35-17-13-15-19-37(35)59-46)39-25-31(7)41(44(52-39)53-40-29(5)21-27(3)22-30(40)6)54-55-45-34(26-49)43(48(8,9)10)56-58(45)47-51-36-18-14-16-20-38(36)60-47/h13-25H,11-12H2,1-10H3,(H,52,53). The number of hydrogen-bond acceptors (Lipinski definition) is 11. The molecule has 0 saturated heterocycles. The van der Waals surface area contributed by atoms with Gasteiger partial charge in [0.15, 0.2) is 16.8 Å². The molecule has 0 atom stereocenters. The van der Waals surface area contributed by atoms with Crippen LogP contribution < -0.4 is 10.2 Å². The third-order valence-corrected chi connectivity index (χ3v) is 12.6. The highest BCUT2D eigenvalue weighted by Gasteiger charge is 2.30. The Morgan fingerprint density at radius 2 is 1.35 bits per heavy atom. The molecule has 0 amide bonds. The number of aryl methyl sites for hydroxylation is 7. The maximum atomic E-state index is 10.7. The fraction of sp³-hybridized carbons (Fsp3) is 0.271. The fourth-order valence-electron chi connectivity index (χ4n) is 7.81. The van der Waals surface area contributed by atoms with Gasteiger partial charge in [0, 0.05) is 11.1 Å². The predicted molar refractivity (Wildman–Crippen MR) is 249 cm³/mol. The molecule has 0 spiro atoms. The molecule has 12 heteroatoms. The molecule has 60 heavy (non-hydrogen) atoms. The van der Waals surface area contributed by atoms with Crippen molar-refractivity contribution in [2.24, 2.45) is 10.2 Å². The number of para-hydroxylation sites is 2. The van der Waals surface area contributed by atoms with Crippen molar-refractivity contribution in [3.63, 3.8) is 0 Å². The summed E-state index contributed by atoms with van der Waals surface area (Å²) >= 11 is 3.14. The summed E-state index contributed by atoms with van der Waals surface area (Å²) in [7, 11) is 0. The van der Waals surface area contributed by atoms with E-state index in [0.29, 0.717) is 39.5 Å². The number of anilines is 5. The van der Waals surface area contributed by atoms with Crippen molar-refractivity contribution in [3.8, 4) is 11.2 Å². The number of benzene rings is 4. The van der Waals surface area contributed by atoms with Crippen LogP contribution in [0.4, 0.5) is 39.6 Å². The number of hydrogen-bond donors (Lipinski definition) is 1. The Kier molecular flexibility index (Phi) is 10.8. The van der Waals surface area contributed by atoms with Gasteiger partial charge in [0.25, 0.3) is 0 Å². The number of rotatable bonds is 10. The fourth-order valence-corrected chi connectivity index (χ4v) is 9.71. The number of fused-ring (bicyclic) bond motifs is 2. The highest BCUT2D eigenvalue weighted by molar-refractivity contribution is 7.22. The average molecular weight is 829 g/mol. The number of nitrogens with one attached hydrogen (secondary N) is 1. The number of nitriles is 1. The van der Waals surface area contributed by atoms with Crippen molar-refractivity contribution in [2.45, 2.75) is 87.5 Å². The molecule has 8 rings (SSSR count). The first-order valence-electron chi connectivity index (χ1n) is 20.2. The SMILES string of the molecule is CCc1cc(C)cc(CC)c1N(c1cc(C)c(N=Nc2c(C#N)c(C(C)(C)C)nn2-c2nc3ccccc3s2)c(Nc2c(C)cc(C)cc2C)n1)c1nc2ccccc2s1. The Morgan fingerprint density at radius 1 is 0.750 bits per heavy atom. The van der Waals surface area contributed by atoms with Gasteiger partial charge in [-0.2, -0.15) is 15.0 Å². The van der Waals surface area contributed by atoms with Gasteiger partial charge < -0.3 is 5.32 Å².